The number of rotatable bonds is 5. The molecule has 0 radical (unpaired) electrons. The van der Waals surface area contributed by atoms with E-state index in [1.165, 1.54) is 4.31 Å². The van der Waals surface area contributed by atoms with Crippen LogP contribution in [0.15, 0.2) is 41.4 Å². The van der Waals surface area contributed by atoms with E-state index in [9.17, 15) is 13.2 Å². The number of hydrogen-bond donors (Lipinski definition) is 1. The van der Waals surface area contributed by atoms with Gasteiger partial charge in [0, 0.05) is 25.2 Å². The number of pyridine rings is 1. The lowest BCUT2D eigenvalue weighted by molar-refractivity contribution is -0.120. The van der Waals surface area contributed by atoms with E-state index in [1.807, 2.05) is 19.1 Å². The highest BCUT2D eigenvalue weighted by Crippen LogP contribution is 2.28. The Kier molecular flexibility index (Phi) is 6.00. The van der Waals surface area contributed by atoms with Crippen molar-refractivity contribution >= 4 is 21.7 Å². The highest BCUT2D eigenvalue weighted by molar-refractivity contribution is 7.89. The van der Waals surface area contributed by atoms with Gasteiger partial charge in [-0.1, -0.05) is 0 Å². The summed E-state index contributed by atoms with van der Waals surface area (Å²) in [6.45, 7) is 4.31. The van der Waals surface area contributed by atoms with Crippen molar-refractivity contribution in [2.75, 3.05) is 25.5 Å². The van der Waals surface area contributed by atoms with Crippen molar-refractivity contribution in [2.45, 2.75) is 31.6 Å². The van der Waals surface area contributed by atoms with Gasteiger partial charge in [0.25, 0.3) is 0 Å². The molecule has 1 saturated heterocycles. The summed E-state index contributed by atoms with van der Waals surface area (Å²) >= 11 is 0. The maximum Gasteiger partial charge on any atom is 0.243 e. The van der Waals surface area contributed by atoms with Gasteiger partial charge in [0.1, 0.15) is 11.6 Å². The highest BCUT2D eigenvalue weighted by atomic mass is 32.2. The molecule has 1 aliphatic rings. The number of amides is 1. The van der Waals surface area contributed by atoms with Crippen LogP contribution in [0.2, 0.25) is 0 Å². The van der Waals surface area contributed by atoms with Crippen LogP contribution in [0, 0.1) is 19.8 Å². The van der Waals surface area contributed by atoms with E-state index in [-0.39, 0.29) is 16.7 Å². The van der Waals surface area contributed by atoms with Gasteiger partial charge in [0.15, 0.2) is 0 Å². The number of carbonyl (C=O) groups excluding carboxylic acids is 1. The van der Waals surface area contributed by atoms with Gasteiger partial charge in [0.05, 0.1) is 12.0 Å². The molecule has 3 rings (SSSR count). The summed E-state index contributed by atoms with van der Waals surface area (Å²) in [5, 5.41) is 2.83. The second kappa shape index (κ2) is 8.28. The largest absolute Gasteiger partial charge is 0.497 e. The highest BCUT2D eigenvalue weighted by Gasteiger charge is 2.33. The van der Waals surface area contributed by atoms with Crippen molar-refractivity contribution in [2.24, 2.45) is 5.92 Å². The van der Waals surface area contributed by atoms with Crippen LogP contribution in [0.1, 0.15) is 24.0 Å². The molecule has 2 heterocycles. The Bertz CT molecular complexity index is 967. The number of anilines is 1. The molecule has 0 spiro atoms. The molecule has 8 heteroatoms. The first-order chi connectivity index (χ1) is 13.3. The minimum absolute atomic E-state index is 0.115. The predicted octanol–water partition coefficient (Wildman–Crippen LogP) is 2.75. The molecule has 2 aromatic rings. The molecule has 1 aromatic heterocycles. The molecular weight excluding hydrogens is 378 g/mol. The van der Waals surface area contributed by atoms with Gasteiger partial charge in [-0.3, -0.25) is 4.79 Å². The van der Waals surface area contributed by atoms with E-state index >= 15 is 0 Å². The van der Waals surface area contributed by atoms with E-state index in [4.69, 9.17) is 4.74 Å². The van der Waals surface area contributed by atoms with E-state index in [0.717, 1.165) is 5.56 Å². The first kappa shape index (κ1) is 20.3. The standard InChI is InChI=1S/C20H25N3O4S/c1-14-6-9-21-19(12-14)22-20(24)16-7-10-23(11-8-16)28(25,26)18-5-4-17(27-3)13-15(18)2/h4-6,9,12-13,16H,7-8,10-11H2,1-3H3,(H,21,22,24). The number of piperidine rings is 1. The van der Waals surface area contributed by atoms with Crippen molar-refractivity contribution < 1.29 is 17.9 Å². The number of hydrogen-bond acceptors (Lipinski definition) is 5. The summed E-state index contributed by atoms with van der Waals surface area (Å²) in [4.78, 5) is 16.9. The molecule has 1 N–H and O–H groups in total. The number of nitrogens with one attached hydrogen (secondary N) is 1. The lowest BCUT2D eigenvalue weighted by Crippen LogP contribution is -2.41. The summed E-state index contributed by atoms with van der Waals surface area (Å²) in [5.74, 6) is 0.798. The molecule has 1 aliphatic heterocycles. The number of aryl methyl sites for hydroxylation is 2. The van der Waals surface area contributed by atoms with E-state index in [0.29, 0.717) is 43.1 Å². The number of nitrogens with zero attached hydrogens (tertiary/aromatic N) is 2. The lowest BCUT2D eigenvalue weighted by atomic mass is 9.97. The molecule has 0 unspecified atom stereocenters. The molecular formula is C20H25N3O4S. The second-order valence-corrected chi connectivity index (χ2v) is 8.92. The molecule has 0 saturated carbocycles. The fraction of sp³-hybridized carbons (Fsp3) is 0.400. The van der Waals surface area contributed by atoms with Crippen LogP contribution >= 0.6 is 0 Å². The van der Waals surface area contributed by atoms with Gasteiger partial charge in [-0.25, -0.2) is 13.4 Å². The van der Waals surface area contributed by atoms with Gasteiger partial charge in [-0.2, -0.15) is 4.31 Å². The topological polar surface area (TPSA) is 88.6 Å². The van der Waals surface area contributed by atoms with Crippen LogP contribution in [0.3, 0.4) is 0 Å². The Morgan fingerprint density at radius 3 is 2.50 bits per heavy atom. The molecule has 1 fully saturated rings. The molecule has 1 amide bonds. The zero-order valence-corrected chi connectivity index (χ0v) is 17.1. The predicted molar refractivity (Wildman–Crippen MR) is 107 cm³/mol. The van der Waals surface area contributed by atoms with Gasteiger partial charge in [-0.15, -0.1) is 0 Å². The van der Waals surface area contributed by atoms with Crippen LogP contribution in [0.25, 0.3) is 0 Å². The first-order valence-corrected chi connectivity index (χ1v) is 10.6. The summed E-state index contributed by atoms with van der Waals surface area (Å²) in [5.41, 5.74) is 1.66. The van der Waals surface area contributed by atoms with Gasteiger partial charge >= 0.3 is 0 Å². The Labute approximate surface area is 165 Å². The number of ether oxygens (including phenoxy) is 1. The Balaban J connectivity index is 1.65. The van der Waals surface area contributed by atoms with Crippen LogP contribution in [-0.2, 0) is 14.8 Å². The van der Waals surface area contributed by atoms with Crippen molar-refractivity contribution in [3.05, 3.63) is 47.7 Å². The average molecular weight is 404 g/mol. The van der Waals surface area contributed by atoms with E-state index in [1.54, 1.807) is 38.4 Å². The minimum Gasteiger partial charge on any atom is -0.497 e. The normalized spacial score (nSPS) is 16.0. The SMILES string of the molecule is COc1ccc(S(=O)(=O)N2CCC(C(=O)Nc3cc(C)ccn3)CC2)c(C)c1. The van der Waals surface area contributed by atoms with Crippen molar-refractivity contribution in [1.29, 1.82) is 0 Å². The molecule has 150 valence electrons. The molecule has 7 nitrogen and oxygen atoms in total. The fourth-order valence-electron chi connectivity index (χ4n) is 3.37. The zero-order chi connectivity index (χ0) is 20.3. The van der Waals surface area contributed by atoms with E-state index < -0.39 is 10.0 Å². The molecule has 1 aromatic carbocycles. The van der Waals surface area contributed by atoms with Gasteiger partial charge < -0.3 is 10.1 Å². The third-order valence-corrected chi connectivity index (χ3v) is 7.05. The Morgan fingerprint density at radius 2 is 1.89 bits per heavy atom. The van der Waals surface area contributed by atoms with Crippen LogP contribution < -0.4 is 10.1 Å². The molecule has 0 atom stereocenters. The van der Waals surface area contributed by atoms with Crippen molar-refractivity contribution in [3.63, 3.8) is 0 Å². The third kappa shape index (κ3) is 4.34. The summed E-state index contributed by atoms with van der Waals surface area (Å²) in [6, 6.07) is 8.60. The second-order valence-electron chi connectivity index (χ2n) is 7.02. The first-order valence-electron chi connectivity index (χ1n) is 9.19. The third-order valence-electron chi connectivity index (χ3n) is 4.99. The summed E-state index contributed by atoms with van der Waals surface area (Å²) in [7, 11) is -2.05. The molecule has 28 heavy (non-hydrogen) atoms. The maximum absolute atomic E-state index is 13.0. The van der Waals surface area contributed by atoms with Crippen molar-refractivity contribution in [3.8, 4) is 5.75 Å². The van der Waals surface area contributed by atoms with E-state index in [2.05, 4.69) is 10.3 Å². The maximum atomic E-state index is 13.0. The number of sulfonamides is 1. The van der Waals surface area contributed by atoms with Gasteiger partial charge in [-0.05, 0) is 68.1 Å². The van der Waals surface area contributed by atoms with Crippen LogP contribution in [0.4, 0.5) is 5.82 Å². The molecule has 0 aliphatic carbocycles. The fourth-order valence-corrected chi connectivity index (χ4v) is 5.04. The molecule has 0 bridgehead atoms. The minimum atomic E-state index is -3.60. The quantitative estimate of drug-likeness (QED) is 0.829. The number of methoxy groups -OCH3 is 1. The lowest BCUT2D eigenvalue weighted by Gasteiger charge is -2.31. The number of aromatic nitrogens is 1. The Morgan fingerprint density at radius 1 is 1.18 bits per heavy atom. The van der Waals surface area contributed by atoms with Crippen LogP contribution in [-0.4, -0.2) is 43.8 Å². The Hall–Kier alpha value is -2.45. The van der Waals surface area contributed by atoms with Gasteiger partial charge in [0.2, 0.25) is 15.9 Å². The smallest absolute Gasteiger partial charge is 0.243 e. The number of carbonyl (C=O) groups is 1. The summed E-state index contributed by atoms with van der Waals surface area (Å²) < 4.78 is 32.6. The monoisotopic (exact) mass is 403 g/mol. The van der Waals surface area contributed by atoms with Crippen LogP contribution in [0.5, 0.6) is 5.75 Å². The number of benzene rings is 1. The average Bonchev–Trinajstić information content (AvgIpc) is 2.67. The zero-order valence-electron chi connectivity index (χ0n) is 16.3. The van der Waals surface area contributed by atoms with Crippen molar-refractivity contribution in [1.82, 2.24) is 9.29 Å². The summed E-state index contributed by atoms with van der Waals surface area (Å²) in [6.07, 6.45) is 2.61.